The van der Waals surface area contributed by atoms with Gasteiger partial charge in [-0.2, -0.15) is 0 Å². The number of carboxylic acids is 1. The van der Waals surface area contributed by atoms with E-state index >= 15 is 0 Å². The molecule has 0 aromatic heterocycles. The summed E-state index contributed by atoms with van der Waals surface area (Å²) < 4.78 is 0. The SMILES string of the molecule is CCc1ccc(C(=O)NC(=S)NCc2ccc(C(=O)O)cc2)cc1. The smallest absolute Gasteiger partial charge is 0.335 e. The first-order valence-corrected chi connectivity index (χ1v) is 7.90. The Morgan fingerprint density at radius 2 is 1.50 bits per heavy atom. The number of nitrogens with one attached hydrogen (secondary N) is 2. The van der Waals surface area contributed by atoms with Gasteiger partial charge in [0.05, 0.1) is 5.56 Å². The van der Waals surface area contributed by atoms with Crippen molar-refractivity contribution in [3.8, 4) is 0 Å². The van der Waals surface area contributed by atoms with Crippen molar-refractivity contribution in [3.63, 3.8) is 0 Å². The van der Waals surface area contributed by atoms with Crippen LogP contribution in [0.1, 0.15) is 38.8 Å². The van der Waals surface area contributed by atoms with Crippen molar-refractivity contribution in [2.24, 2.45) is 0 Å². The van der Waals surface area contributed by atoms with E-state index in [2.05, 4.69) is 17.6 Å². The predicted molar refractivity (Wildman–Crippen MR) is 96.1 cm³/mol. The van der Waals surface area contributed by atoms with Crippen LogP contribution in [-0.4, -0.2) is 22.1 Å². The number of hydrogen-bond acceptors (Lipinski definition) is 3. The second-order valence-corrected chi connectivity index (χ2v) is 5.60. The molecule has 0 radical (unpaired) electrons. The largest absolute Gasteiger partial charge is 0.478 e. The average molecular weight is 342 g/mol. The van der Waals surface area contributed by atoms with Crippen LogP contribution in [0.3, 0.4) is 0 Å². The first-order chi connectivity index (χ1) is 11.5. The molecule has 0 fully saturated rings. The topological polar surface area (TPSA) is 78.4 Å². The normalized spacial score (nSPS) is 10.0. The number of aromatic carboxylic acids is 1. The van der Waals surface area contributed by atoms with Crippen molar-refractivity contribution in [1.29, 1.82) is 0 Å². The van der Waals surface area contributed by atoms with Gasteiger partial charge in [0.1, 0.15) is 0 Å². The number of carbonyl (C=O) groups excluding carboxylic acids is 1. The molecule has 0 bridgehead atoms. The number of thiocarbonyl (C=S) groups is 1. The number of amides is 1. The molecule has 24 heavy (non-hydrogen) atoms. The summed E-state index contributed by atoms with van der Waals surface area (Å²) in [5.74, 6) is -1.23. The zero-order valence-corrected chi connectivity index (χ0v) is 14.0. The van der Waals surface area contributed by atoms with Crippen molar-refractivity contribution in [1.82, 2.24) is 10.6 Å². The lowest BCUT2D eigenvalue weighted by Crippen LogP contribution is -2.38. The van der Waals surface area contributed by atoms with Gasteiger partial charge in [0.15, 0.2) is 5.11 Å². The van der Waals surface area contributed by atoms with Gasteiger partial charge in [0, 0.05) is 12.1 Å². The Bertz CT molecular complexity index is 740. The van der Waals surface area contributed by atoms with Crippen molar-refractivity contribution in [2.75, 3.05) is 0 Å². The van der Waals surface area contributed by atoms with Gasteiger partial charge in [-0.05, 0) is 54.0 Å². The van der Waals surface area contributed by atoms with E-state index in [1.807, 2.05) is 12.1 Å². The van der Waals surface area contributed by atoms with Crippen LogP contribution < -0.4 is 10.6 Å². The monoisotopic (exact) mass is 342 g/mol. The fourth-order valence-electron chi connectivity index (χ4n) is 2.06. The molecule has 2 rings (SSSR count). The van der Waals surface area contributed by atoms with Crippen molar-refractivity contribution >= 4 is 29.2 Å². The summed E-state index contributed by atoms with van der Waals surface area (Å²) in [6, 6.07) is 13.8. The molecule has 2 aromatic carbocycles. The summed E-state index contributed by atoms with van der Waals surface area (Å²) in [7, 11) is 0. The minimum atomic E-state index is -0.966. The zero-order chi connectivity index (χ0) is 17.5. The lowest BCUT2D eigenvalue weighted by molar-refractivity contribution is 0.0696. The summed E-state index contributed by atoms with van der Waals surface area (Å²) in [5.41, 5.74) is 2.80. The molecule has 0 saturated carbocycles. The molecule has 6 heteroatoms. The van der Waals surface area contributed by atoms with Crippen LogP contribution in [0, 0.1) is 0 Å². The van der Waals surface area contributed by atoms with Crippen LogP contribution in [-0.2, 0) is 13.0 Å². The molecule has 1 amide bonds. The maximum Gasteiger partial charge on any atom is 0.335 e. The van der Waals surface area contributed by atoms with E-state index in [0.29, 0.717) is 12.1 Å². The Labute approximate surface area is 145 Å². The van der Waals surface area contributed by atoms with Gasteiger partial charge in [-0.15, -0.1) is 0 Å². The molecule has 3 N–H and O–H groups in total. The number of carboxylic acid groups (broad SMARTS) is 1. The summed E-state index contributed by atoms with van der Waals surface area (Å²) >= 11 is 5.11. The molecule has 0 heterocycles. The number of carbonyl (C=O) groups is 2. The van der Waals surface area contributed by atoms with E-state index < -0.39 is 5.97 Å². The van der Waals surface area contributed by atoms with E-state index in [9.17, 15) is 9.59 Å². The number of benzene rings is 2. The first kappa shape index (κ1) is 17.6. The fourth-order valence-corrected chi connectivity index (χ4v) is 2.22. The van der Waals surface area contributed by atoms with E-state index in [4.69, 9.17) is 17.3 Å². The van der Waals surface area contributed by atoms with E-state index in [1.165, 1.54) is 12.1 Å². The van der Waals surface area contributed by atoms with Crippen molar-refractivity contribution in [2.45, 2.75) is 19.9 Å². The summed E-state index contributed by atoms with van der Waals surface area (Å²) in [6.07, 6.45) is 0.919. The fraction of sp³-hybridized carbons (Fsp3) is 0.167. The van der Waals surface area contributed by atoms with Crippen molar-refractivity contribution < 1.29 is 14.7 Å². The predicted octanol–water partition coefficient (Wildman–Crippen LogP) is 2.75. The Hall–Kier alpha value is -2.73. The standard InChI is InChI=1S/C18H18N2O3S/c1-2-12-3-7-14(8-4-12)16(21)20-18(24)19-11-13-5-9-15(10-6-13)17(22)23/h3-10H,2,11H2,1H3,(H,22,23)(H2,19,20,21,24). The van der Waals surface area contributed by atoms with Crippen LogP contribution in [0.5, 0.6) is 0 Å². The van der Waals surface area contributed by atoms with Crippen LogP contribution >= 0.6 is 12.2 Å². The molecule has 5 nitrogen and oxygen atoms in total. The van der Waals surface area contributed by atoms with Gasteiger partial charge in [0.25, 0.3) is 5.91 Å². The van der Waals surface area contributed by atoms with Crippen LogP contribution in [0.4, 0.5) is 0 Å². The highest BCUT2D eigenvalue weighted by atomic mass is 32.1. The minimum Gasteiger partial charge on any atom is -0.478 e. The Balaban J connectivity index is 1.85. The second-order valence-electron chi connectivity index (χ2n) is 5.19. The molecule has 0 aliphatic rings. The van der Waals surface area contributed by atoms with E-state index in [-0.39, 0.29) is 16.6 Å². The summed E-state index contributed by atoms with van der Waals surface area (Å²) in [6.45, 7) is 2.45. The zero-order valence-electron chi connectivity index (χ0n) is 13.2. The lowest BCUT2D eigenvalue weighted by atomic mass is 10.1. The minimum absolute atomic E-state index is 0.224. The Kier molecular flexibility index (Phi) is 6.03. The van der Waals surface area contributed by atoms with Crippen LogP contribution in [0.2, 0.25) is 0 Å². The molecule has 0 spiro atoms. The maximum atomic E-state index is 12.1. The molecule has 0 atom stereocenters. The highest BCUT2D eigenvalue weighted by Crippen LogP contribution is 2.06. The first-order valence-electron chi connectivity index (χ1n) is 7.50. The van der Waals surface area contributed by atoms with Gasteiger partial charge < -0.3 is 10.4 Å². The molecular formula is C18H18N2O3S. The highest BCUT2D eigenvalue weighted by molar-refractivity contribution is 7.80. The maximum absolute atomic E-state index is 12.1. The molecule has 0 saturated heterocycles. The average Bonchev–Trinajstić information content (AvgIpc) is 2.60. The number of rotatable bonds is 5. The number of aryl methyl sites for hydroxylation is 1. The highest BCUT2D eigenvalue weighted by Gasteiger charge is 2.08. The van der Waals surface area contributed by atoms with Gasteiger partial charge in [-0.1, -0.05) is 31.2 Å². The van der Waals surface area contributed by atoms with Crippen LogP contribution in [0.25, 0.3) is 0 Å². The molecule has 0 aliphatic heterocycles. The molecule has 124 valence electrons. The van der Waals surface area contributed by atoms with E-state index in [0.717, 1.165) is 17.5 Å². The van der Waals surface area contributed by atoms with Crippen LogP contribution in [0.15, 0.2) is 48.5 Å². The van der Waals surface area contributed by atoms with Crippen molar-refractivity contribution in [3.05, 3.63) is 70.8 Å². The summed E-state index contributed by atoms with van der Waals surface area (Å²) in [5, 5.41) is 14.6. The van der Waals surface area contributed by atoms with Gasteiger partial charge in [0.2, 0.25) is 0 Å². The molecule has 2 aromatic rings. The third-order valence-electron chi connectivity index (χ3n) is 3.51. The van der Waals surface area contributed by atoms with E-state index in [1.54, 1.807) is 24.3 Å². The second kappa shape index (κ2) is 8.21. The quantitative estimate of drug-likeness (QED) is 0.728. The van der Waals surface area contributed by atoms with Gasteiger partial charge >= 0.3 is 5.97 Å². The Morgan fingerprint density at radius 1 is 0.958 bits per heavy atom. The molecule has 0 unspecified atom stereocenters. The summed E-state index contributed by atoms with van der Waals surface area (Å²) in [4.78, 5) is 22.9. The van der Waals surface area contributed by atoms with Gasteiger partial charge in [-0.3, -0.25) is 10.1 Å². The Morgan fingerprint density at radius 3 is 2.04 bits per heavy atom. The lowest BCUT2D eigenvalue weighted by Gasteiger charge is -2.10. The third-order valence-corrected chi connectivity index (χ3v) is 3.75. The molecule has 0 aliphatic carbocycles. The van der Waals surface area contributed by atoms with Gasteiger partial charge in [-0.25, -0.2) is 4.79 Å². The number of hydrogen-bond donors (Lipinski definition) is 3. The third kappa shape index (κ3) is 4.89. The molecular weight excluding hydrogens is 324 g/mol.